The third-order valence-electron chi connectivity index (χ3n) is 4.61. The van der Waals surface area contributed by atoms with Crippen LogP contribution < -0.4 is 10.1 Å². The molecule has 22 heavy (non-hydrogen) atoms. The Morgan fingerprint density at radius 3 is 2.18 bits per heavy atom. The number of ether oxygens (including phenoxy) is 1. The molecule has 0 saturated heterocycles. The fourth-order valence-electron chi connectivity index (χ4n) is 3.16. The number of benzene rings is 2. The van der Waals surface area contributed by atoms with Gasteiger partial charge in [-0.05, 0) is 54.7 Å². The third-order valence-corrected chi connectivity index (χ3v) is 4.61. The summed E-state index contributed by atoms with van der Waals surface area (Å²) in [5.74, 6) is 1.75. The van der Waals surface area contributed by atoms with Crippen molar-refractivity contribution in [3.05, 3.63) is 54.6 Å². The van der Waals surface area contributed by atoms with E-state index in [0.29, 0.717) is 5.41 Å². The largest absolute Gasteiger partial charge is 0.457 e. The van der Waals surface area contributed by atoms with Crippen molar-refractivity contribution in [2.24, 2.45) is 5.41 Å². The standard InChI is InChI=1S/C20H25NO/c1-20(14-6-3-7-15-20)16-21-17-10-12-19(13-11-17)22-18-8-4-2-5-9-18/h2,4-5,8-13,21H,3,6-7,14-16H2,1H3. The van der Waals surface area contributed by atoms with Crippen LogP contribution in [0.25, 0.3) is 0 Å². The number of para-hydroxylation sites is 1. The Hall–Kier alpha value is -1.96. The van der Waals surface area contributed by atoms with Gasteiger partial charge in [0.1, 0.15) is 11.5 Å². The molecule has 2 nitrogen and oxygen atoms in total. The van der Waals surface area contributed by atoms with E-state index in [2.05, 4.69) is 24.4 Å². The van der Waals surface area contributed by atoms with Crippen LogP contribution in [0.3, 0.4) is 0 Å². The van der Waals surface area contributed by atoms with Gasteiger partial charge in [-0.3, -0.25) is 0 Å². The normalized spacial score (nSPS) is 17.0. The summed E-state index contributed by atoms with van der Waals surface area (Å²) in [6.45, 7) is 3.47. The molecule has 2 aromatic rings. The minimum absolute atomic E-state index is 0.456. The summed E-state index contributed by atoms with van der Waals surface area (Å²) in [5.41, 5.74) is 1.63. The van der Waals surface area contributed by atoms with Gasteiger partial charge in [0.2, 0.25) is 0 Å². The van der Waals surface area contributed by atoms with Crippen molar-refractivity contribution in [1.82, 2.24) is 0 Å². The summed E-state index contributed by atoms with van der Waals surface area (Å²) in [4.78, 5) is 0. The molecule has 0 aliphatic heterocycles. The van der Waals surface area contributed by atoms with E-state index in [9.17, 15) is 0 Å². The van der Waals surface area contributed by atoms with Gasteiger partial charge >= 0.3 is 0 Å². The Morgan fingerprint density at radius 1 is 0.864 bits per heavy atom. The molecule has 2 heteroatoms. The lowest BCUT2D eigenvalue weighted by Gasteiger charge is -2.34. The predicted molar refractivity (Wildman–Crippen MR) is 92.6 cm³/mol. The summed E-state index contributed by atoms with van der Waals surface area (Å²) in [5, 5.41) is 3.59. The lowest BCUT2D eigenvalue weighted by molar-refractivity contribution is 0.233. The molecule has 2 aromatic carbocycles. The van der Waals surface area contributed by atoms with E-state index < -0.39 is 0 Å². The number of hydrogen-bond acceptors (Lipinski definition) is 2. The molecule has 1 N–H and O–H groups in total. The van der Waals surface area contributed by atoms with Gasteiger partial charge in [-0.1, -0.05) is 44.4 Å². The topological polar surface area (TPSA) is 21.3 Å². The molecule has 0 bridgehead atoms. The van der Waals surface area contributed by atoms with Crippen LogP contribution in [0.4, 0.5) is 5.69 Å². The highest BCUT2D eigenvalue weighted by Gasteiger charge is 2.26. The number of nitrogens with one attached hydrogen (secondary N) is 1. The molecule has 0 radical (unpaired) electrons. The summed E-state index contributed by atoms with van der Waals surface area (Å²) in [6, 6.07) is 18.1. The average Bonchev–Trinajstić information content (AvgIpc) is 2.56. The van der Waals surface area contributed by atoms with Gasteiger partial charge in [0.05, 0.1) is 0 Å². The molecule has 1 aliphatic carbocycles. The first kappa shape index (κ1) is 15.0. The molecular weight excluding hydrogens is 270 g/mol. The zero-order chi connectivity index (χ0) is 15.3. The summed E-state index contributed by atoms with van der Waals surface area (Å²) < 4.78 is 5.82. The first-order valence-corrected chi connectivity index (χ1v) is 8.30. The zero-order valence-electron chi connectivity index (χ0n) is 13.3. The molecule has 0 spiro atoms. The summed E-state index contributed by atoms with van der Waals surface area (Å²) >= 11 is 0. The molecule has 116 valence electrons. The van der Waals surface area contributed by atoms with Crippen molar-refractivity contribution < 1.29 is 4.74 Å². The van der Waals surface area contributed by atoms with Crippen molar-refractivity contribution in [1.29, 1.82) is 0 Å². The fraction of sp³-hybridized carbons (Fsp3) is 0.400. The van der Waals surface area contributed by atoms with Crippen LogP contribution in [0.2, 0.25) is 0 Å². The molecule has 0 heterocycles. The highest BCUT2D eigenvalue weighted by Crippen LogP contribution is 2.35. The quantitative estimate of drug-likeness (QED) is 0.745. The van der Waals surface area contributed by atoms with Crippen LogP contribution in [0.15, 0.2) is 54.6 Å². The van der Waals surface area contributed by atoms with Crippen molar-refractivity contribution >= 4 is 5.69 Å². The molecule has 1 saturated carbocycles. The first-order valence-electron chi connectivity index (χ1n) is 8.30. The van der Waals surface area contributed by atoms with Gasteiger partial charge in [-0.2, -0.15) is 0 Å². The molecule has 0 aromatic heterocycles. The molecule has 1 aliphatic rings. The molecule has 0 atom stereocenters. The Bertz CT molecular complexity index is 570. The smallest absolute Gasteiger partial charge is 0.127 e. The predicted octanol–water partition coefficient (Wildman–Crippen LogP) is 5.86. The molecule has 0 unspecified atom stereocenters. The monoisotopic (exact) mass is 295 g/mol. The number of anilines is 1. The first-order chi connectivity index (χ1) is 10.7. The highest BCUT2D eigenvalue weighted by atomic mass is 16.5. The zero-order valence-corrected chi connectivity index (χ0v) is 13.3. The maximum Gasteiger partial charge on any atom is 0.127 e. The Balaban J connectivity index is 1.55. The third kappa shape index (κ3) is 4.03. The van der Waals surface area contributed by atoms with Gasteiger partial charge in [0.25, 0.3) is 0 Å². The maximum absolute atomic E-state index is 5.82. The van der Waals surface area contributed by atoms with Crippen LogP contribution >= 0.6 is 0 Å². The van der Waals surface area contributed by atoms with E-state index >= 15 is 0 Å². The molecule has 3 rings (SSSR count). The molecule has 0 amide bonds. The summed E-state index contributed by atoms with van der Waals surface area (Å²) in [6.07, 6.45) is 6.84. The van der Waals surface area contributed by atoms with E-state index in [1.54, 1.807) is 0 Å². The van der Waals surface area contributed by atoms with E-state index in [1.807, 2.05) is 42.5 Å². The number of hydrogen-bond donors (Lipinski definition) is 1. The van der Waals surface area contributed by atoms with E-state index in [4.69, 9.17) is 4.74 Å². The SMILES string of the molecule is CC1(CNc2ccc(Oc3ccccc3)cc2)CCCCC1. The van der Waals surface area contributed by atoms with Crippen molar-refractivity contribution in [2.45, 2.75) is 39.0 Å². The average molecular weight is 295 g/mol. The second kappa shape index (κ2) is 6.87. The van der Waals surface area contributed by atoms with Crippen LogP contribution in [-0.2, 0) is 0 Å². The van der Waals surface area contributed by atoms with Crippen LogP contribution in [0.1, 0.15) is 39.0 Å². The highest BCUT2D eigenvalue weighted by molar-refractivity contribution is 5.47. The molecular formula is C20H25NO. The summed E-state index contributed by atoms with van der Waals surface area (Å²) in [7, 11) is 0. The lowest BCUT2D eigenvalue weighted by Crippen LogP contribution is -2.28. The van der Waals surface area contributed by atoms with Crippen LogP contribution in [-0.4, -0.2) is 6.54 Å². The lowest BCUT2D eigenvalue weighted by atomic mass is 9.76. The minimum Gasteiger partial charge on any atom is -0.457 e. The Morgan fingerprint density at radius 2 is 1.50 bits per heavy atom. The van der Waals surface area contributed by atoms with E-state index in [0.717, 1.165) is 18.0 Å². The molecule has 1 fully saturated rings. The van der Waals surface area contributed by atoms with Crippen molar-refractivity contribution in [3.8, 4) is 11.5 Å². The van der Waals surface area contributed by atoms with Gasteiger partial charge in [0.15, 0.2) is 0 Å². The van der Waals surface area contributed by atoms with E-state index in [-0.39, 0.29) is 0 Å². The van der Waals surface area contributed by atoms with Gasteiger partial charge < -0.3 is 10.1 Å². The van der Waals surface area contributed by atoms with Crippen LogP contribution in [0, 0.1) is 5.41 Å². The fourth-order valence-corrected chi connectivity index (χ4v) is 3.16. The number of rotatable bonds is 5. The maximum atomic E-state index is 5.82. The van der Waals surface area contributed by atoms with Gasteiger partial charge in [-0.15, -0.1) is 0 Å². The van der Waals surface area contributed by atoms with Crippen molar-refractivity contribution in [2.75, 3.05) is 11.9 Å². The second-order valence-electron chi connectivity index (χ2n) is 6.66. The van der Waals surface area contributed by atoms with Crippen molar-refractivity contribution in [3.63, 3.8) is 0 Å². The van der Waals surface area contributed by atoms with Gasteiger partial charge in [0, 0.05) is 12.2 Å². The van der Waals surface area contributed by atoms with Gasteiger partial charge in [-0.25, -0.2) is 0 Å². The Kier molecular flexibility index (Phi) is 4.67. The van der Waals surface area contributed by atoms with Crippen LogP contribution in [0.5, 0.6) is 11.5 Å². The second-order valence-corrected chi connectivity index (χ2v) is 6.66. The minimum atomic E-state index is 0.456. The Labute approximate surface area is 133 Å². The van der Waals surface area contributed by atoms with E-state index in [1.165, 1.54) is 37.8 Å².